The second-order valence-electron chi connectivity index (χ2n) is 7.52. The maximum Gasteiger partial charge on any atom is 0.106 e. The first kappa shape index (κ1) is 23.3. The average Bonchev–Trinajstić information content (AvgIpc) is 2.63. The minimum Gasteiger partial charge on any atom is -0.398 e. The number of fused-ring (bicyclic) bond motifs is 2. The molecule has 0 fully saturated rings. The molecule has 28 heavy (non-hydrogen) atoms. The van der Waals surface area contributed by atoms with Crippen molar-refractivity contribution in [3.63, 3.8) is 0 Å². The van der Waals surface area contributed by atoms with E-state index >= 15 is 0 Å². The Kier molecular flexibility index (Phi) is 7.69. The fourth-order valence-electron chi connectivity index (χ4n) is 2.74. The first-order chi connectivity index (χ1) is 13.0. The van der Waals surface area contributed by atoms with Crippen LogP contribution in [0, 0.1) is 5.92 Å². The molecule has 0 bridgehead atoms. The van der Waals surface area contributed by atoms with E-state index in [1.54, 1.807) is 6.07 Å². The quantitative estimate of drug-likeness (QED) is 0.157. The molecule has 0 spiro atoms. The van der Waals surface area contributed by atoms with Crippen molar-refractivity contribution in [2.75, 3.05) is 11.5 Å². The monoisotopic (exact) mass is 452 g/mol. The van der Waals surface area contributed by atoms with Gasteiger partial charge in [-0.3, -0.25) is 0 Å². The third kappa shape index (κ3) is 4.45. The third-order valence-corrected chi connectivity index (χ3v) is 6.00. The van der Waals surface area contributed by atoms with E-state index in [4.69, 9.17) is 29.1 Å². The number of anilines is 2. The van der Waals surface area contributed by atoms with Gasteiger partial charge in [0.2, 0.25) is 0 Å². The number of nitrogen functional groups attached to an aromatic ring is 2. The fraction of sp³-hybridized carbons (Fsp3) is 0.400. The summed E-state index contributed by atoms with van der Waals surface area (Å²) in [5.41, 5.74) is 16.8. The van der Waals surface area contributed by atoms with E-state index in [9.17, 15) is 0 Å². The van der Waals surface area contributed by atoms with E-state index in [2.05, 4.69) is 77.5 Å². The van der Waals surface area contributed by atoms with Gasteiger partial charge >= 0.3 is 0 Å². The number of aromatic nitrogens is 2. The van der Waals surface area contributed by atoms with Crippen molar-refractivity contribution in [3.05, 3.63) is 11.6 Å². The van der Waals surface area contributed by atoms with E-state index in [-0.39, 0.29) is 5.92 Å². The van der Waals surface area contributed by atoms with Gasteiger partial charge in [-0.1, -0.05) is 34.6 Å². The van der Waals surface area contributed by atoms with Gasteiger partial charge in [0.05, 0.1) is 15.5 Å². The Balaban J connectivity index is 0.000000640. The second kappa shape index (κ2) is 9.24. The Hall–Kier alpha value is -0.960. The van der Waals surface area contributed by atoms with E-state index in [0.29, 0.717) is 48.1 Å². The van der Waals surface area contributed by atoms with Crippen LogP contribution in [-0.4, -0.2) is 9.97 Å². The molecule has 3 rings (SSSR count). The average molecular weight is 453 g/mol. The van der Waals surface area contributed by atoms with Crippen LogP contribution in [0.25, 0.3) is 22.1 Å². The van der Waals surface area contributed by atoms with Gasteiger partial charge in [-0.2, -0.15) is 0 Å². The zero-order valence-electron chi connectivity index (χ0n) is 16.8. The molecule has 152 valence electrons. The van der Waals surface area contributed by atoms with Crippen LogP contribution in [0.4, 0.5) is 11.4 Å². The zero-order valence-corrected chi connectivity index (χ0v) is 20.4. The van der Waals surface area contributed by atoms with E-state index in [1.807, 2.05) is 0 Å². The van der Waals surface area contributed by atoms with Crippen molar-refractivity contribution in [3.8, 4) is 0 Å². The number of rotatable bonds is 2. The van der Waals surface area contributed by atoms with Gasteiger partial charge in [-0.05, 0) is 29.9 Å². The summed E-state index contributed by atoms with van der Waals surface area (Å²) in [6.07, 6.45) is 0.934. The molecule has 0 aliphatic heterocycles. The maximum atomic E-state index is 6.31. The Morgan fingerprint density at radius 1 is 0.821 bits per heavy atom. The minimum absolute atomic E-state index is 0.238. The zero-order chi connectivity index (χ0) is 21.3. The second-order valence-corrected chi connectivity index (χ2v) is 9.34. The van der Waals surface area contributed by atoms with E-state index < -0.39 is 0 Å². The summed E-state index contributed by atoms with van der Waals surface area (Å²) in [5.74, 6) is 1.07. The fourth-order valence-corrected chi connectivity index (χ4v) is 4.03. The van der Waals surface area contributed by atoms with Gasteiger partial charge in [0, 0.05) is 15.5 Å². The van der Waals surface area contributed by atoms with Crippen molar-refractivity contribution >= 4 is 84.0 Å². The Morgan fingerprint density at radius 3 is 1.82 bits per heavy atom. The lowest BCUT2D eigenvalue weighted by Gasteiger charge is -2.19. The van der Waals surface area contributed by atoms with Gasteiger partial charge in [0.25, 0.3) is 0 Å². The van der Waals surface area contributed by atoms with Crippen molar-refractivity contribution in [1.82, 2.24) is 9.97 Å². The smallest absolute Gasteiger partial charge is 0.106 e. The number of nitrogens with two attached hydrogens (primary N) is 2. The highest BCUT2D eigenvalue weighted by Crippen LogP contribution is 2.42. The van der Waals surface area contributed by atoms with Crippen LogP contribution in [0.5, 0.6) is 0 Å². The largest absolute Gasteiger partial charge is 0.398 e. The molecule has 3 aromatic rings. The first-order valence-electron chi connectivity index (χ1n) is 9.16. The molecule has 0 radical (unpaired) electrons. The lowest BCUT2D eigenvalue weighted by molar-refractivity contribution is 0.722. The first-order valence-corrected chi connectivity index (χ1v) is 10.9. The summed E-state index contributed by atoms with van der Waals surface area (Å²) in [5, 5.41) is 0. The van der Waals surface area contributed by atoms with E-state index in [1.165, 1.54) is 0 Å². The molecule has 4 nitrogen and oxygen atoms in total. The van der Waals surface area contributed by atoms with Gasteiger partial charge in [-0.15, -0.1) is 50.5 Å². The SMILES string of the molecule is CC(C)C.CCC(C)c1c(N)c(S)c2nc3c(S)cc(N)c(S)c3nc2c1S. The minimum atomic E-state index is 0.238. The highest BCUT2D eigenvalue weighted by molar-refractivity contribution is 7.81. The maximum absolute atomic E-state index is 6.31. The molecule has 4 N–H and O–H groups in total. The van der Waals surface area contributed by atoms with Gasteiger partial charge in [-0.25, -0.2) is 9.97 Å². The summed E-state index contributed by atoms with van der Waals surface area (Å²) in [7, 11) is 0. The lowest BCUT2D eigenvalue weighted by atomic mass is 9.96. The van der Waals surface area contributed by atoms with Crippen molar-refractivity contribution in [2.24, 2.45) is 5.92 Å². The number of hydrogen-bond acceptors (Lipinski definition) is 8. The standard InChI is InChI=1S/C16H18N4S4.C4H10/c1-3-5(2)8-9(18)16(24)13-12(15(8)23)20-11-10(19-13)7(21)4-6(17)14(11)22;1-4(2)3/h4-5,21-24H,3,17-18H2,1-2H3;4H,1-3H3. The predicted octanol–water partition coefficient (Wildman–Crippen LogP) is 6.28. The lowest BCUT2D eigenvalue weighted by Crippen LogP contribution is -2.05. The highest BCUT2D eigenvalue weighted by atomic mass is 32.1. The van der Waals surface area contributed by atoms with Gasteiger partial charge in [0.15, 0.2) is 0 Å². The number of nitrogens with zero attached hydrogens (tertiary/aromatic N) is 2. The van der Waals surface area contributed by atoms with E-state index in [0.717, 1.165) is 22.8 Å². The summed E-state index contributed by atoms with van der Waals surface area (Å²) in [4.78, 5) is 11.9. The molecule has 0 aliphatic carbocycles. The molecule has 1 unspecified atom stereocenters. The Labute approximate surface area is 188 Å². The van der Waals surface area contributed by atoms with Crippen LogP contribution in [0.1, 0.15) is 52.5 Å². The van der Waals surface area contributed by atoms with Crippen LogP contribution in [0.2, 0.25) is 0 Å². The molecule has 1 aromatic heterocycles. The molecule has 1 heterocycles. The summed E-state index contributed by atoms with van der Waals surface area (Å²) in [6.45, 7) is 10.7. The molecule has 1 atom stereocenters. The van der Waals surface area contributed by atoms with Crippen LogP contribution in [-0.2, 0) is 0 Å². The highest BCUT2D eigenvalue weighted by Gasteiger charge is 2.21. The van der Waals surface area contributed by atoms with Gasteiger partial charge in [0.1, 0.15) is 22.1 Å². The number of benzene rings is 2. The molecular formula is C20H28N4S4. The van der Waals surface area contributed by atoms with Crippen LogP contribution < -0.4 is 11.5 Å². The topological polar surface area (TPSA) is 77.8 Å². The molecule has 0 aliphatic rings. The molecule has 2 aromatic carbocycles. The molecule has 8 heteroatoms. The number of thiol groups is 4. The molecule has 0 saturated heterocycles. The van der Waals surface area contributed by atoms with Crippen molar-refractivity contribution < 1.29 is 0 Å². The predicted molar refractivity (Wildman–Crippen MR) is 134 cm³/mol. The third-order valence-electron chi connectivity index (χ3n) is 4.28. The summed E-state index contributed by atoms with van der Waals surface area (Å²) in [6, 6.07) is 1.71. The van der Waals surface area contributed by atoms with Crippen LogP contribution >= 0.6 is 50.5 Å². The van der Waals surface area contributed by atoms with Crippen molar-refractivity contribution in [1.29, 1.82) is 0 Å². The Bertz CT molecular complexity index is 1030. The normalized spacial score (nSPS) is 12.4. The number of hydrogen-bond donors (Lipinski definition) is 6. The summed E-state index contributed by atoms with van der Waals surface area (Å²) >= 11 is 18.2. The molecular weight excluding hydrogens is 425 g/mol. The Morgan fingerprint density at radius 2 is 1.29 bits per heavy atom. The molecule has 0 saturated carbocycles. The van der Waals surface area contributed by atoms with Gasteiger partial charge < -0.3 is 11.5 Å². The van der Waals surface area contributed by atoms with Crippen LogP contribution in [0.15, 0.2) is 25.6 Å². The van der Waals surface area contributed by atoms with Crippen LogP contribution in [0.3, 0.4) is 0 Å². The molecule has 0 amide bonds. The van der Waals surface area contributed by atoms with Crippen molar-refractivity contribution in [2.45, 2.75) is 66.5 Å². The summed E-state index contributed by atoms with van der Waals surface area (Å²) < 4.78 is 0.